The smallest absolute Gasteiger partial charge is 0.253 e. The molecular weight excluding hydrogens is 288 g/mol. The number of carbonyl (C=O) groups is 1. The molecule has 2 fully saturated rings. The van der Waals surface area contributed by atoms with Gasteiger partial charge in [0.15, 0.2) is 9.84 Å². The zero-order chi connectivity index (χ0) is 14.9. The molecule has 1 atom stereocenters. The third kappa shape index (κ3) is 3.27. The van der Waals surface area contributed by atoms with Gasteiger partial charge in [-0.1, -0.05) is 18.2 Å². The second-order valence-electron chi connectivity index (χ2n) is 5.75. The van der Waals surface area contributed by atoms with Crippen molar-refractivity contribution in [2.75, 3.05) is 37.7 Å². The highest BCUT2D eigenvalue weighted by molar-refractivity contribution is 7.91. The monoisotopic (exact) mass is 308 g/mol. The molecule has 6 heteroatoms. The molecule has 0 radical (unpaired) electrons. The summed E-state index contributed by atoms with van der Waals surface area (Å²) in [5.41, 5.74) is 0.717. The van der Waals surface area contributed by atoms with Crippen LogP contribution in [0.1, 0.15) is 16.8 Å². The third-order valence-electron chi connectivity index (χ3n) is 4.35. The minimum absolute atomic E-state index is 0.0642. The average molecular weight is 308 g/mol. The van der Waals surface area contributed by atoms with Gasteiger partial charge in [-0.3, -0.25) is 9.69 Å². The van der Waals surface area contributed by atoms with Gasteiger partial charge in [0, 0.05) is 37.8 Å². The molecule has 0 unspecified atom stereocenters. The van der Waals surface area contributed by atoms with Crippen LogP contribution in [-0.2, 0) is 9.84 Å². The first-order valence-electron chi connectivity index (χ1n) is 7.34. The van der Waals surface area contributed by atoms with Crippen molar-refractivity contribution < 1.29 is 13.2 Å². The second kappa shape index (κ2) is 5.77. The fourth-order valence-corrected chi connectivity index (χ4v) is 4.88. The molecule has 2 heterocycles. The average Bonchev–Trinajstić information content (AvgIpc) is 2.88. The largest absolute Gasteiger partial charge is 0.336 e. The molecular formula is C15H20N2O3S. The maximum absolute atomic E-state index is 12.3. The summed E-state index contributed by atoms with van der Waals surface area (Å²) in [5, 5.41) is 0. The number of rotatable bonds is 2. The van der Waals surface area contributed by atoms with Gasteiger partial charge in [-0.15, -0.1) is 0 Å². The highest BCUT2D eigenvalue weighted by Gasteiger charge is 2.34. The molecule has 21 heavy (non-hydrogen) atoms. The van der Waals surface area contributed by atoms with Gasteiger partial charge in [-0.2, -0.15) is 0 Å². The summed E-state index contributed by atoms with van der Waals surface area (Å²) in [7, 11) is -2.84. The summed E-state index contributed by atoms with van der Waals surface area (Å²) >= 11 is 0. The molecule has 3 rings (SSSR count). The lowest BCUT2D eigenvalue weighted by Crippen LogP contribution is -2.52. The highest BCUT2D eigenvalue weighted by atomic mass is 32.2. The van der Waals surface area contributed by atoms with E-state index in [4.69, 9.17) is 0 Å². The predicted octanol–water partition coefficient (Wildman–Crippen LogP) is 0.631. The first kappa shape index (κ1) is 14.5. The van der Waals surface area contributed by atoms with E-state index in [9.17, 15) is 13.2 Å². The molecule has 1 aromatic carbocycles. The molecule has 0 N–H and O–H groups in total. The Morgan fingerprint density at radius 3 is 2.29 bits per heavy atom. The molecule has 2 aliphatic rings. The van der Waals surface area contributed by atoms with Gasteiger partial charge in [0.05, 0.1) is 11.5 Å². The van der Waals surface area contributed by atoms with Crippen LogP contribution < -0.4 is 0 Å². The Morgan fingerprint density at radius 2 is 1.71 bits per heavy atom. The third-order valence-corrected chi connectivity index (χ3v) is 6.10. The fourth-order valence-electron chi connectivity index (χ4n) is 3.12. The summed E-state index contributed by atoms with van der Waals surface area (Å²) in [6.07, 6.45) is 0.731. The maximum atomic E-state index is 12.3. The van der Waals surface area contributed by atoms with E-state index in [2.05, 4.69) is 4.90 Å². The maximum Gasteiger partial charge on any atom is 0.253 e. The molecule has 2 saturated heterocycles. The number of piperazine rings is 1. The van der Waals surface area contributed by atoms with Gasteiger partial charge in [-0.05, 0) is 18.6 Å². The van der Waals surface area contributed by atoms with E-state index in [1.54, 1.807) is 0 Å². The lowest BCUT2D eigenvalue weighted by molar-refractivity contribution is 0.0588. The first-order valence-corrected chi connectivity index (χ1v) is 9.16. The van der Waals surface area contributed by atoms with Gasteiger partial charge in [0.2, 0.25) is 0 Å². The summed E-state index contributed by atoms with van der Waals surface area (Å²) < 4.78 is 23.1. The van der Waals surface area contributed by atoms with Crippen molar-refractivity contribution in [3.05, 3.63) is 35.9 Å². The molecule has 114 valence electrons. The van der Waals surface area contributed by atoms with Crippen LogP contribution in [0.25, 0.3) is 0 Å². The molecule has 0 bridgehead atoms. The molecule has 0 spiro atoms. The zero-order valence-electron chi connectivity index (χ0n) is 11.9. The van der Waals surface area contributed by atoms with Crippen molar-refractivity contribution in [3.63, 3.8) is 0 Å². The summed E-state index contributed by atoms with van der Waals surface area (Å²) in [6.45, 7) is 2.87. The Morgan fingerprint density at radius 1 is 1.05 bits per heavy atom. The Balaban J connectivity index is 1.57. The lowest BCUT2D eigenvalue weighted by atomic mass is 10.1. The number of amides is 1. The van der Waals surface area contributed by atoms with Gasteiger partial charge in [0.1, 0.15) is 0 Å². The standard InChI is InChI=1S/C15H20N2O3S/c18-15(13-4-2-1-3-5-13)17-9-7-16(8-10-17)14-6-11-21(19,20)12-14/h1-5,14H,6-12H2/t14-/m1/s1. The number of nitrogens with zero attached hydrogens (tertiary/aromatic N) is 2. The zero-order valence-corrected chi connectivity index (χ0v) is 12.8. The quantitative estimate of drug-likeness (QED) is 0.804. The number of benzene rings is 1. The van der Waals surface area contributed by atoms with Crippen molar-refractivity contribution in [2.45, 2.75) is 12.5 Å². The van der Waals surface area contributed by atoms with E-state index in [-0.39, 0.29) is 17.7 Å². The minimum Gasteiger partial charge on any atom is -0.336 e. The molecule has 1 aromatic rings. The lowest BCUT2D eigenvalue weighted by Gasteiger charge is -2.37. The van der Waals surface area contributed by atoms with E-state index in [1.165, 1.54) is 0 Å². The molecule has 0 aliphatic carbocycles. The number of carbonyl (C=O) groups excluding carboxylic acids is 1. The number of hydrogen-bond acceptors (Lipinski definition) is 4. The van der Waals surface area contributed by atoms with E-state index >= 15 is 0 Å². The van der Waals surface area contributed by atoms with E-state index in [0.717, 1.165) is 25.1 Å². The van der Waals surface area contributed by atoms with Crippen molar-refractivity contribution in [1.82, 2.24) is 9.80 Å². The van der Waals surface area contributed by atoms with Crippen molar-refractivity contribution in [1.29, 1.82) is 0 Å². The highest BCUT2D eigenvalue weighted by Crippen LogP contribution is 2.19. The van der Waals surface area contributed by atoms with Gasteiger partial charge >= 0.3 is 0 Å². The topological polar surface area (TPSA) is 57.7 Å². The Kier molecular flexibility index (Phi) is 3.99. The van der Waals surface area contributed by atoms with Crippen molar-refractivity contribution in [2.24, 2.45) is 0 Å². The Bertz CT molecular complexity index is 607. The Hall–Kier alpha value is -1.40. The molecule has 5 nitrogen and oxygen atoms in total. The second-order valence-corrected chi connectivity index (χ2v) is 7.98. The predicted molar refractivity (Wildman–Crippen MR) is 81.0 cm³/mol. The van der Waals surface area contributed by atoms with Gasteiger partial charge in [0.25, 0.3) is 5.91 Å². The van der Waals surface area contributed by atoms with E-state index in [0.29, 0.717) is 18.8 Å². The van der Waals surface area contributed by atoms with E-state index in [1.807, 2.05) is 35.2 Å². The van der Waals surface area contributed by atoms with Crippen LogP contribution in [0.5, 0.6) is 0 Å². The first-order chi connectivity index (χ1) is 10.1. The summed E-state index contributed by atoms with van der Waals surface area (Å²) in [6, 6.07) is 9.44. The van der Waals surface area contributed by atoms with Gasteiger partial charge < -0.3 is 4.90 Å². The van der Waals surface area contributed by atoms with Crippen LogP contribution in [-0.4, -0.2) is 67.9 Å². The van der Waals surface area contributed by atoms with Crippen molar-refractivity contribution in [3.8, 4) is 0 Å². The van der Waals surface area contributed by atoms with Crippen LogP contribution in [0, 0.1) is 0 Å². The summed E-state index contributed by atoms with van der Waals surface area (Å²) in [5.74, 6) is 0.648. The molecule has 2 aliphatic heterocycles. The minimum atomic E-state index is -2.84. The molecule has 0 saturated carbocycles. The van der Waals surface area contributed by atoms with Crippen molar-refractivity contribution >= 4 is 15.7 Å². The fraction of sp³-hybridized carbons (Fsp3) is 0.533. The van der Waals surface area contributed by atoms with Crippen LogP contribution >= 0.6 is 0 Å². The number of sulfone groups is 1. The van der Waals surface area contributed by atoms with Crippen LogP contribution in [0.4, 0.5) is 0 Å². The number of hydrogen-bond donors (Lipinski definition) is 0. The molecule has 0 aromatic heterocycles. The van der Waals surface area contributed by atoms with Gasteiger partial charge in [-0.25, -0.2) is 8.42 Å². The SMILES string of the molecule is O=C(c1ccccc1)N1CCN([C@@H]2CCS(=O)(=O)C2)CC1. The van der Waals surface area contributed by atoms with Crippen LogP contribution in [0.2, 0.25) is 0 Å². The van der Waals surface area contributed by atoms with E-state index < -0.39 is 9.84 Å². The molecule has 1 amide bonds. The Labute approximate surface area is 125 Å². The van der Waals surface area contributed by atoms with Crippen LogP contribution in [0.3, 0.4) is 0 Å². The van der Waals surface area contributed by atoms with Crippen LogP contribution in [0.15, 0.2) is 30.3 Å². The normalized spacial score (nSPS) is 25.9. The summed E-state index contributed by atoms with van der Waals surface area (Å²) in [4.78, 5) is 16.4.